The number of aromatic amines is 1. The molecule has 5 nitrogen and oxygen atoms in total. The maximum Gasteiger partial charge on any atom is 0.231 e. The fourth-order valence-corrected chi connectivity index (χ4v) is 5.11. The van der Waals surface area contributed by atoms with Gasteiger partial charge in [0.05, 0.1) is 11.8 Å². The van der Waals surface area contributed by atoms with E-state index in [-0.39, 0.29) is 23.5 Å². The van der Waals surface area contributed by atoms with Crippen molar-refractivity contribution in [1.82, 2.24) is 20.5 Å². The van der Waals surface area contributed by atoms with Crippen LogP contribution in [-0.4, -0.2) is 26.8 Å². The summed E-state index contributed by atoms with van der Waals surface area (Å²) < 4.78 is 13.3. The number of rotatable bonds is 8. The SMILES string of the molecule is O=C(CSc1n[nH]c(CC2CCCC2)n1)N[C@@H](c1ccc(F)cc1)c1cccs1. The Labute approximate surface area is 177 Å². The lowest BCUT2D eigenvalue weighted by Crippen LogP contribution is -2.30. The molecule has 2 aromatic heterocycles. The number of halogens is 1. The number of carbonyl (C=O) groups is 1. The lowest BCUT2D eigenvalue weighted by atomic mass is 10.0. The van der Waals surface area contributed by atoms with Crippen molar-refractivity contribution in [3.63, 3.8) is 0 Å². The van der Waals surface area contributed by atoms with E-state index in [1.165, 1.54) is 49.6 Å². The van der Waals surface area contributed by atoms with E-state index >= 15 is 0 Å². The number of aromatic nitrogens is 3. The Morgan fingerprint density at radius 1 is 1.28 bits per heavy atom. The van der Waals surface area contributed by atoms with Gasteiger partial charge in [-0.05, 0) is 35.1 Å². The molecule has 152 valence electrons. The molecule has 2 heterocycles. The molecule has 1 aliphatic rings. The second kappa shape index (κ2) is 9.54. The third kappa shape index (κ3) is 5.45. The quantitative estimate of drug-likeness (QED) is 0.507. The molecule has 3 aromatic rings. The lowest BCUT2D eigenvalue weighted by molar-refractivity contribution is -0.119. The molecule has 2 N–H and O–H groups in total. The van der Waals surface area contributed by atoms with Crippen LogP contribution in [-0.2, 0) is 11.2 Å². The lowest BCUT2D eigenvalue weighted by Gasteiger charge is -2.18. The highest BCUT2D eigenvalue weighted by Gasteiger charge is 2.20. The van der Waals surface area contributed by atoms with Crippen LogP contribution < -0.4 is 5.32 Å². The first kappa shape index (κ1) is 20.1. The first-order chi connectivity index (χ1) is 14.2. The summed E-state index contributed by atoms with van der Waals surface area (Å²) >= 11 is 2.88. The van der Waals surface area contributed by atoms with Crippen LogP contribution >= 0.6 is 23.1 Å². The van der Waals surface area contributed by atoms with Gasteiger partial charge in [0, 0.05) is 11.3 Å². The minimum Gasteiger partial charge on any atom is -0.344 e. The van der Waals surface area contributed by atoms with Gasteiger partial charge in [-0.3, -0.25) is 9.89 Å². The van der Waals surface area contributed by atoms with E-state index in [1.807, 2.05) is 17.5 Å². The van der Waals surface area contributed by atoms with E-state index in [9.17, 15) is 9.18 Å². The standard InChI is InChI=1S/C21H23FN4OS2/c22-16-9-7-15(8-10-16)20(17-6-3-11-28-17)24-19(27)13-29-21-23-18(25-26-21)12-14-4-1-2-5-14/h3,6-11,14,20H,1-2,4-5,12-13H2,(H,24,27)(H,23,25,26)/t20-/m0/s1. The van der Waals surface area contributed by atoms with Crippen LogP contribution in [0.15, 0.2) is 46.9 Å². The van der Waals surface area contributed by atoms with Gasteiger partial charge in [-0.2, -0.15) is 0 Å². The van der Waals surface area contributed by atoms with Crippen molar-refractivity contribution >= 4 is 29.0 Å². The number of H-pyrrole nitrogens is 1. The average Bonchev–Trinajstić information content (AvgIpc) is 3.49. The van der Waals surface area contributed by atoms with Crippen LogP contribution in [0.1, 0.15) is 48.0 Å². The first-order valence-electron chi connectivity index (χ1n) is 9.79. The zero-order chi connectivity index (χ0) is 20.1. The number of hydrogen-bond donors (Lipinski definition) is 2. The van der Waals surface area contributed by atoms with Gasteiger partial charge in [0.25, 0.3) is 0 Å². The Kier molecular flexibility index (Phi) is 6.61. The summed E-state index contributed by atoms with van der Waals surface area (Å²) in [5.41, 5.74) is 0.851. The van der Waals surface area contributed by atoms with Crippen molar-refractivity contribution in [2.75, 3.05) is 5.75 Å². The summed E-state index contributed by atoms with van der Waals surface area (Å²) in [5, 5.41) is 12.9. The van der Waals surface area contributed by atoms with Crippen molar-refractivity contribution in [1.29, 1.82) is 0 Å². The highest BCUT2D eigenvalue weighted by Crippen LogP contribution is 2.28. The van der Waals surface area contributed by atoms with Crippen LogP contribution in [0.25, 0.3) is 0 Å². The highest BCUT2D eigenvalue weighted by atomic mass is 32.2. The van der Waals surface area contributed by atoms with Gasteiger partial charge in [0.1, 0.15) is 11.6 Å². The van der Waals surface area contributed by atoms with Crippen LogP contribution in [0.5, 0.6) is 0 Å². The number of benzene rings is 1. The van der Waals surface area contributed by atoms with Gasteiger partial charge in [-0.1, -0.05) is 55.6 Å². The van der Waals surface area contributed by atoms with Gasteiger partial charge in [-0.15, -0.1) is 16.4 Å². The van der Waals surface area contributed by atoms with E-state index in [0.717, 1.165) is 22.7 Å². The van der Waals surface area contributed by atoms with E-state index in [1.54, 1.807) is 23.5 Å². The fourth-order valence-electron chi connectivity index (χ4n) is 3.68. The van der Waals surface area contributed by atoms with Crippen LogP contribution in [0.3, 0.4) is 0 Å². The van der Waals surface area contributed by atoms with Gasteiger partial charge in [-0.25, -0.2) is 9.37 Å². The first-order valence-corrected chi connectivity index (χ1v) is 11.7. The van der Waals surface area contributed by atoms with Crippen molar-refractivity contribution in [3.8, 4) is 0 Å². The highest BCUT2D eigenvalue weighted by molar-refractivity contribution is 7.99. The summed E-state index contributed by atoms with van der Waals surface area (Å²) in [5.74, 6) is 1.43. The molecular weight excluding hydrogens is 407 g/mol. The molecule has 0 saturated heterocycles. The molecule has 4 rings (SSSR count). The number of thiophene rings is 1. The molecule has 1 aromatic carbocycles. The summed E-state index contributed by atoms with van der Waals surface area (Å²) in [4.78, 5) is 18.1. The van der Waals surface area contributed by atoms with Crippen LogP contribution in [0, 0.1) is 11.7 Å². The summed E-state index contributed by atoms with van der Waals surface area (Å²) in [7, 11) is 0. The number of nitrogens with zero attached hydrogens (tertiary/aromatic N) is 2. The van der Waals surface area contributed by atoms with E-state index < -0.39 is 0 Å². The van der Waals surface area contributed by atoms with Crippen molar-refractivity contribution in [3.05, 3.63) is 63.9 Å². The Bertz CT molecular complexity index is 921. The van der Waals surface area contributed by atoms with Gasteiger partial charge >= 0.3 is 0 Å². The summed E-state index contributed by atoms with van der Waals surface area (Å²) in [6.45, 7) is 0. The van der Waals surface area contributed by atoms with Gasteiger partial charge < -0.3 is 5.32 Å². The number of nitrogens with one attached hydrogen (secondary N) is 2. The largest absolute Gasteiger partial charge is 0.344 e. The van der Waals surface area contributed by atoms with Crippen LogP contribution in [0.4, 0.5) is 4.39 Å². The van der Waals surface area contributed by atoms with E-state index in [4.69, 9.17) is 0 Å². The second-order valence-corrected chi connectivity index (χ2v) is 9.20. The van der Waals surface area contributed by atoms with Crippen molar-refractivity contribution in [2.45, 2.75) is 43.3 Å². The molecule has 1 saturated carbocycles. The summed E-state index contributed by atoms with van der Waals surface area (Å²) in [6.07, 6.45) is 6.07. The average molecular weight is 431 g/mol. The number of amides is 1. The minimum absolute atomic E-state index is 0.111. The monoisotopic (exact) mass is 430 g/mol. The number of thioether (sulfide) groups is 1. The Balaban J connectivity index is 1.34. The van der Waals surface area contributed by atoms with Gasteiger partial charge in [0.2, 0.25) is 11.1 Å². The Morgan fingerprint density at radius 3 is 2.79 bits per heavy atom. The molecule has 0 aliphatic heterocycles. The molecular formula is C21H23FN4OS2. The normalized spacial score (nSPS) is 15.5. The smallest absolute Gasteiger partial charge is 0.231 e. The zero-order valence-electron chi connectivity index (χ0n) is 15.9. The molecule has 0 spiro atoms. The second-order valence-electron chi connectivity index (χ2n) is 7.28. The third-order valence-corrected chi connectivity index (χ3v) is 6.92. The predicted octanol–water partition coefficient (Wildman–Crippen LogP) is 4.74. The topological polar surface area (TPSA) is 70.7 Å². The number of hydrogen-bond acceptors (Lipinski definition) is 5. The molecule has 1 fully saturated rings. The van der Waals surface area contributed by atoms with E-state index in [0.29, 0.717) is 11.1 Å². The molecule has 0 unspecified atom stereocenters. The van der Waals surface area contributed by atoms with Crippen molar-refractivity contribution < 1.29 is 9.18 Å². The maximum atomic E-state index is 13.3. The number of carbonyl (C=O) groups excluding carboxylic acids is 1. The molecule has 1 amide bonds. The van der Waals surface area contributed by atoms with Gasteiger partial charge in [0.15, 0.2) is 0 Å². The van der Waals surface area contributed by atoms with Crippen molar-refractivity contribution in [2.24, 2.45) is 5.92 Å². The third-order valence-electron chi connectivity index (χ3n) is 5.14. The minimum atomic E-state index is -0.297. The van der Waals surface area contributed by atoms with Crippen LogP contribution in [0.2, 0.25) is 0 Å². The molecule has 1 atom stereocenters. The molecule has 0 radical (unpaired) electrons. The zero-order valence-corrected chi connectivity index (χ0v) is 17.6. The molecule has 0 bridgehead atoms. The maximum absolute atomic E-state index is 13.3. The predicted molar refractivity (Wildman–Crippen MR) is 113 cm³/mol. The molecule has 8 heteroatoms. The molecule has 29 heavy (non-hydrogen) atoms. The Morgan fingerprint density at radius 2 is 2.07 bits per heavy atom. The fraction of sp³-hybridized carbons (Fsp3) is 0.381. The summed E-state index contributed by atoms with van der Waals surface area (Å²) in [6, 6.07) is 9.85. The van der Waals surface area contributed by atoms with E-state index in [2.05, 4.69) is 20.5 Å². The molecule has 1 aliphatic carbocycles. The Hall–Kier alpha value is -2.19.